The molecule has 1 saturated heterocycles. The number of rotatable bonds is 3. The third-order valence-electron chi connectivity index (χ3n) is 3.74. The number of hydrogen-bond donors (Lipinski definition) is 2. The quantitative estimate of drug-likeness (QED) is 0.846. The van der Waals surface area contributed by atoms with Crippen LogP contribution >= 0.6 is 0 Å². The molecule has 2 N–H and O–H groups in total. The highest BCUT2D eigenvalue weighted by Crippen LogP contribution is 2.25. The van der Waals surface area contributed by atoms with Crippen LogP contribution in [-0.4, -0.2) is 31.0 Å². The van der Waals surface area contributed by atoms with Crippen LogP contribution in [0.15, 0.2) is 18.2 Å². The highest BCUT2D eigenvalue weighted by Gasteiger charge is 2.23. The van der Waals surface area contributed by atoms with Crippen molar-refractivity contribution in [1.29, 1.82) is 0 Å². The Morgan fingerprint density at radius 1 is 1.45 bits per heavy atom. The molecule has 2 aliphatic rings. The van der Waals surface area contributed by atoms with Crippen molar-refractivity contribution in [3.8, 4) is 5.75 Å². The Bertz CT molecular complexity index is 542. The number of benzene rings is 1. The normalized spacial score (nSPS) is 20.8. The van der Waals surface area contributed by atoms with Gasteiger partial charge < -0.3 is 15.4 Å². The fourth-order valence-electron chi connectivity index (χ4n) is 2.69. The summed E-state index contributed by atoms with van der Waals surface area (Å²) in [6.45, 7) is 1.42. The number of piperidine rings is 1. The van der Waals surface area contributed by atoms with Gasteiger partial charge in [-0.1, -0.05) is 12.1 Å². The fraction of sp³-hybridized carbons (Fsp3) is 0.467. The van der Waals surface area contributed by atoms with Crippen molar-refractivity contribution < 1.29 is 14.3 Å². The molecule has 1 aromatic rings. The molecule has 3 rings (SSSR count). The predicted molar refractivity (Wildman–Crippen MR) is 73.5 cm³/mol. The van der Waals surface area contributed by atoms with Crippen LogP contribution < -0.4 is 15.4 Å². The average molecular weight is 274 g/mol. The van der Waals surface area contributed by atoms with E-state index in [0.29, 0.717) is 19.6 Å². The summed E-state index contributed by atoms with van der Waals surface area (Å²) in [5.41, 5.74) is 2.12. The molecule has 106 valence electrons. The van der Waals surface area contributed by atoms with Crippen molar-refractivity contribution in [2.45, 2.75) is 31.7 Å². The SMILES string of the molecule is O=C(Cc1ccc2c(c1)CCO2)N[C@@H]1CCCNC1=O. The number of hydrogen-bond acceptors (Lipinski definition) is 3. The van der Waals surface area contributed by atoms with E-state index >= 15 is 0 Å². The molecule has 0 aromatic heterocycles. The van der Waals surface area contributed by atoms with Gasteiger partial charge in [0.05, 0.1) is 13.0 Å². The molecule has 5 heteroatoms. The minimum Gasteiger partial charge on any atom is -0.493 e. The van der Waals surface area contributed by atoms with Crippen LogP contribution in [-0.2, 0) is 22.4 Å². The molecular weight excluding hydrogens is 256 g/mol. The second-order valence-corrected chi connectivity index (χ2v) is 5.27. The molecule has 20 heavy (non-hydrogen) atoms. The van der Waals surface area contributed by atoms with Crippen LogP contribution in [0.2, 0.25) is 0 Å². The van der Waals surface area contributed by atoms with E-state index in [4.69, 9.17) is 4.74 Å². The van der Waals surface area contributed by atoms with E-state index in [1.807, 2.05) is 18.2 Å². The fourth-order valence-corrected chi connectivity index (χ4v) is 2.69. The van der Waals surface area contributed by atoms with Gasteiger partial charge >= 0.3 is 0 Å². The lowest BCUT2D eigenvalue weighted by molar-refractivity contribution is -0.129. The third kappa shape index (κ3) is 2.76. The summed E-state index contributed by atoms with van der Waals surface area (Å²) < 4.78 is 5.44. The molecular formula is C15H18N2O3. The largest absolute Gasteiger partial charge is 0.493 e. The molecule has 0 aliphatic carbocycles. The Kier molecular flexibility index (Phi) is 3.58. The first-order chi connectivity index (χ1) is 9.72. The first-order valence-corrected chi connectivity index (χ1v) is 7.04. The maximum Gasteiger partial charge on any atom is 0.242 e. The van der Waals surface area contributed by atoms with Crippen LogP contribution in [0.3, 0.4) is 0 Å². The smallest absolute Gasteiger partial charge is 0.242 e. The lowest BCUT2D eigenvalue weighted by Gasteiger charge is -2.22. The molecule has 0 unspecified atom stereocenters. The van der Waals surface area contributed by atoms with E-state index in [9.17, 15) is 9.59 Å². The number of nitrogens with one attached hydrogen (secondary N) is 2. The third-order valence-corrected chi connectivity index (χ3v) is 3.74. The van der Waals surface area contributed by atoms with Gasteiger partial charge in [0.25, 0.3) is 0 Å². The Morgan fingerprint density at radius 2 is 2.35 bits per heavy atom. The van der Waals surface area contributed by atoms with Gasteiger partial charge in [0.2, 0.25) is 11.8 Å². The molecule has 2 heterocycles. The maximum absolute atomic E-state index is 12.0. The zero-order valence-electron chi connectivity index (χ0n) is 11.3. The molecule has 2 aliphatic heterocycles. The zero-order chi connectivity index (χ0) is 13.9. The molecule has 1 aromatic carbocycles. The van der Waals surface area contributed by atoms with Crippen LogP contribution in [0, 0.1) is 0 Å². The standard InChI is InChI=1S/C15H18N2O3/c18-14(17-12-2-1-6-16-15(12)19)9-10-3-4-13-11(8-10)5-7-20-13/h3-4,8,12H,1-2,5-7,9H2,(H,16,19)(H,17,18)/t12-/m1/s1. The molecule has 2 amide bonds. The van der Waals surface area contributed by atoms with E-state index in [2.05, 4.69) is 10.6 Å². The first kappa shape index (κ1) is 13.0. The Morgan fingerprint density at radius 3 is 3.20 bits per heavy atom. The summed E-state index contributed by atoms with van der Waals surface area (Å²) in [5.74, 6) is 0.735. The topological polar surface area (TPSA) is 67.4 Å². The van der Waals surface area contributed by atoms with Crippen LogP contribution in [0.4, 0.5) is 0 Å². The minimum atomic E-state index is -0.381. The summed E-state index contributed by atoms with van der Waals surface area (Å²) in [6, 6.07) is 5.46. The number of carbonyl (C=O) groups is 2. The molecule has 1 atom stereocenters. The summed E-state index contributed by atoms with van der Waals surface area (Å²) in [7, 11) is 0. The van der Waals surface area contributed by atoms with Gasteiger partial charge in [-0.15, -0.1) is 0 Å². The van der Waals surface area contributed by atoms with Crippen molar-refractivity contribution in [2.24, 2.45) is 0 Å². The Hall–Kier alpha value is -2.04. The van der Waals surface area contributed by atoms with E-state index in [0.717, 1.165) is 36.1 Å². The Labute approximate surface area is 117 Å². The van der Waals surface area contributed by atoms with Gasteiger partial charge in [0.15, 0.2) is 0 Å². The highest BCUT2D eigenvalue weighted by atomic mass is 16.5. The van der Waals surface area contributed by atoms with Crippen molar-refractivity contribution >= 4 is 11.8 Å². The second kappa shape index (κ2) is 5.53. The van der Waals surface area contributed by atoms with Gasteiger partial charge in [-0.3, -0.25) is 9.59 Å². The van der Waals surface area contributed by atoms with E-state index < -0.39 is 0 Å². The monoisotopic (exact) mass is 274 g/mol. The predicted octanol–water partition coefficient (Wildman–Crippen LogP) is 0.559. The number of amides is 2. The van der Waals surface area contributed by atoms with Crippen LogP contribution in [0.25, 0.3) is 0 Å². The van der Waals surface area contributed by atoms with Crippen LogP contribution in [0.5, 0.6) is 5.75 Å². The highest BCUT2D eigenvalue weighted by molar-refractivity contribution is 5.88. The lowest BCUT2D eigenvalue weighted by atomic mass is 10.0. The summed E-state index contributed by atoms with van der Waals surface area (Å²) in [5, 5.41) is 5.57. The number of ether oxygens (including phenoxy) is 1. The van der Waals surface area contributed by atoms with E-state index in [1.165, 1.54) is 0 Å². The molecule has 0 bridgehead atoms. The van der Waals surface area contributed by atoms with Crippen molar-refractivity contribution in [2.75, 3.05) is 13.2 Å². The van der Waals surface area contributed by atoms with Gasteiger partial charge in [0, 0.05) is 13.0 Å². The summed E-state index contributed by atoms with van der Waals surface area (Å²) >= 11 is 0. The average Bonchev–Trinajstić information content (AvgIpc) is 2.89. The van der Waals surface area contributed by atoms with E-state index in [-0.39, 0.29) is 17.9 Å². The molecule has 0 saturated carbocycles. The van der Waals surface area contributed by atoms with Gasteiger partial charge in [0.1, 0.15) is 11.8 Å². The molecule has 0 radical (unpaired) electrons. The second-order valence-electron chi connectivity index (χ2n) is 5.27. The first-order valence-electron chi connectivity index (χ1n) is 7.04. The van der Waals surface area contributed by atoms with Crippen LogP contribution in [0.1, 0.15) is 24.0 Å². The maximum atomic E-state index is 12.0. The van der Waals surface area contributed by atoms with Gasteiger partial charge in [-0.2, -0.15) is 0 Å². The molecule has 5 nitrogen and oxygen atoms in total. The van der Waals surface area contributed by atoms with Crippen molar-refractivity contribution in [3.63, 3.8) is 0 Å². The summed E-state index contributed by atoms with van der Waals surface area (Å²) in [6.07, 6.45) is 2.83. The van der Waals surface area contributed by atoms with Crippen molar-refractivity contribution in [1.82, 2.24) is 10.6 Å². The lowest BCUT2D eigenvalue weighted by Crippen LogP contribution is -2.50. The Balaban J connectivity index is 1.60. The minimum absolute atomic E-state index is 0.0769. The summed E-state index contributed by atoms with van der Waals surface area (Å²) in [4.78, 5) is 23.6. The van der Waals surface area contributed by atoms with Crippen molar-refractivity contribution in [3.05, 3.63) is 29.3 Å². The van der Waals surface area contributed by atoms with E-state index in [1.54, 1.807) is 0 Å². The molecule has 0 spiro atoms. The van der Waals surface area contributed by atoms with Gasteiger partial charge in [-0.05, 0) is 30.0 Å². The number of fused-ring (bicyclic) bond motifs is 1. The molecule has 1 fully saturated rings. The van der Waals surface area contributed by atoms with Gasteiger partial charge in [-0.25, -0.2) is 0 Å². The number of carbonyl (C=O) groups excluding carboxylic acids is 2. The zero-order valence-corrected chi connectivity index (χ0v) is 11.3.